The van der Waals surface area contributed by atoms with Gasteiger partial charge < -0.3 is 14.9 Å². The molecule has 1 aromatic rings. The van der Waals surface area contributed by atoms with Crippen molar-refractivity contribution in [3.63, 3.8) is 0 Å². The van der Waals surface area contributed by atoms with Crippen LogP contribution in [0.4, 0.5) is 4.79 Å². The topological polar surface area (TPSA) is 91.2 Å². The molecule has 6 nitrogen and oxygen atoms in total. The van der Waals surface area contributed by atoms with Gasteiger partial charge in [0.05, 0.1) is 12.8 Å². The fourth-order valence-electron chi connectivity index (χ4n) is 0.944. The molecule has 0 bridgehead atoms. The minimum absolute atomic E-state index is 0.212. The van der Waals surface area contributed by atoms with E-state index in [1.807, 2.05) is 0 Å². The van der Waals surface area contributed by atoms with Gasteiger partial charge in [0.25, 0.3) is 0 Å². The Balaban J connectivity index is 2.56. The molecule has 0 fully saturated rings. The van der Waals surface area contributed by atoms with Gasteiger partial charge in [-0.3, -0.25) is 0 Å². The van der Waals surface area contributed by atoms with Gasteiger partial charge in [-0.2, -0.15) is 5.10 Å². The summed E-state index contributed by atoms with van der Waals surface area (Å²) in [5.74, 6) is -0.462. The highest BCUT2D eigenvalue weighted by atomic mass is 16.5. The number of benzene rings is 1. The van der Waals surface area contributed by atoms with Gasteiger partial charge in [-0.1, -0.05) is 0 Å². The molecule has 0 spiro atoms. The van der Waals surface area contributed by atoms with E-state index < -0.39 is 6.09 Å². The lowest BCUT2D eigenvalue weighted by molar-refractivity contribution is 0.152. The van der Waals surface area contributed by atoms with Gasteiger partial charge in [0.2, 0.25) is 0 Å². The van der Waals surface area contributed by atoms with Gasteiger partial charge in [0.15, 0.2) is 11.5 Å². The van der Waals surface area contributed by atoms with Gasteiger partial charge in [-0.15, -0.1) is 0 Å². The van der Waals surface area contributed by atoms with E-state index in [-0.39, 0.29) is 18.1 Å². The van der Waals surface area contributed by atoms with E-state index in [2.05, 4.69) is 15.3 Å². The highest BCUT2D eigenvalue weighted by molar-refractivity contribution is 5.81. The largest absolute Gasteiger partial charge is 0.504 e. The number of ether oxygens (including phenoxy) is 1. The Bertz CT molecular complexity index is 404. The predicted octanol–water partition coefficient (Wildman–Crippen LogP) is 1.18. The number of carbonyl (C=O) groups excluding carboxylic acids is 1. The number of rotatable bonds is 3. The van der Waals surface area contributed by atoms with Crippen molar-refractivity contribution in [3.05, 3.63) is 23.8 Å². The van der Waals surface area contributed by atoms with E-state index in [9.17, 15) is 4.79 Å². The molecule has 0 aliphatic heterocycles. The summed E-state index contributed by atoms with van der Waals surface area (Å²) in [5.41, 5.74) is 2.66. The summed E-state index contributed by atoms with van der Waals surface area (Å²) in [6.45, 7) is 1.95. The monoisotopic (exact) mass is 224 g/mol. The Hall–Kier alpha value is -2.24. The minimum atomic E-state index is -0.651. The second-order valence-electron chi connectivity index (χ2n) is 2.84. The molecule has 6 heteroatoms. The standard InChI is InChI=1S/C10H12N2O4/c1-2-16-10(15)12-11-6-7-3-4-8(13)9(14)5-7/h3-6,13-14H,2H2,1H3,(H,12,15). The first-order chi connectivity index (χ1) is 7.63. The molecule has 1 aromatic carbocycles. The lowest BCUT2D eigenvalue weighted by Crippen LogP contribution is -2.18. The van der Waals surface area contributed by atoms with Gasteiger partial charge in [0.1, 0.15) is 0 Å². The van der Waals surface area contributed by atoms with Gasteiger partial charge in [-0.05, 0) is 30.7 Å². The maximum absolute atomic E-state index is 10.8. The Morgan fingerprint density at radius 1 is 1.50 bits per heavy atom. The first-order valence-electron chi connectivity index (χ1n) is 4.61. The zero-order valence-corrected chi connectivity index (χ0v) is 8.67. The molecule has 0 saturated carbocycles. The van der Waals surface area contributed by atoms with Gasteiger partial charge >= 0.3 is 6.09 Å². The van der Waals surface area contributed by atoms with Crippen LogP contribution in [0.15, 0.2) is 23.3 Å². The molecule has 1 amide bonds. The molecule has 0 atom stereocenters. The average molecular weight is 224 g/mol. The molecule has 1 rings (SSSR count). The quantitative estimate of drug-likeness (QED) is 0.408. The lowest BCUT2D eigenvalue weighted by atomic mass is 10.2. The summed E-state index contributed by atoms with van der Waals surface area (Å²) in [6.07, 6.45) is 0.664. The Morgan fingerprint density at radius 3 is 2.88 bits per heavy atom. The second-order valence-corrected chi connectivity index (χ2v) is 2.84. The summed E-state index contributed by atoms with van der Waals surface area (Å²) in [5, 5.41) is 21.8. The van der Waals surface area contributed by atoms with Crippen LogP contribution in [0.5, 0.6) is 11.5 Å². The van der Waals surface area contributed by atoms with E-state index >= 15 is 0 Å². The number of aromatic hydroxyl groups is 2. The van der Waals surface area contributed by atoms with Crippen LogP contribution in [0.3, 0.4) is 0 Å². The van der Waals surface area contributed by atoms with Gasteiger partial charge in [-0.25, -0.2) is 10.2 Å². The molecule has 3 N–H and O–H groups in total. The highest BCUT2D eigenvalue weighted by Gasteiger charge is 1.99. The molecule has 0 unspecified atom stereocenters. The molecule has 0 radical (unpaired) electrons. The number of carbonyl (C=O) groups is 1. The summed E-state index contributed by atoms with van der Waals surface area (Å²) < 4.78 is 4.57. The van der Waals surface area contributed by atoms with Crippen molar-refractivity contribution >= 4 is 12.3 Å². The summed E-state index contributed by atoms with van der Waals surface area (Å²) in [7, 11) is 0. The van der Waals surface area contributed by atoms with Crippen molar-refractivity contribution in [3.8, 4) is 11.5 Å². The van der Waals surface area contributed by atoms with Crippen molar-refractivity contribution in [2.75, 3.05) is 6.61 Å². The molecule has 16 heavy (non-hydrogen) atoms. The predicted molar refractivity (Wildman–Crippen MR) is 57.5 cm³/mol. The molecule has 86 valence electrons. The number of phenolic OH excluding ortho intramolecular Hbond substituents is 2. The van der Waals surface area contributed by atoms with Crippen molar-refractivity contribution < 1.29 is 19.7 Å². The maximum atomic E-state index is 10.8. The number of hydrogen-bond donors (Lipinski definition) is 3. The SMILES string of the molecule is CCOC(=O)NN=Cc1ccc(O)c(O)c1. The highest BCUT2D eigenvalue weighted by Crippen LogP contribution is 2.23. The summed E-state index contributed by atoms with van der Waals surface area (Å²) in [6, 6.07) is 4.16. The van der Waals surface area contributed by atoms with Crippen LogP contribution in [0, 0.1) is 0 Å². The fraction of sp³-hybridized carbons (Fsp3) is 0.200. The van der Waals surface area contributed by atoms with Crippen molar-refractivity contribution in [2.45, 2.75) is 6.92 Å². The molecular weight excluding hydrogens is 212 g/mol. The first kappa shape index (κ1) is 11.8. The van der Waals surface area contributed by atoms with E-state index in [0.29, 0.717) is 5.56 Å². The van der Waals surface area contributed by atoms with Crippen LogP contribution >= 0.6 is 0 Å². The first-order valence-corrected chi connectivity index (χ1v) is 4.61. The van der Waals surface area contributed by atoms with Crippen LogP contribution in [0.2, 0.25) is 0 Å². The van der Waals surface area contributed by atoms with Gasteiger partial charge in [0, 0.05) is 0 Å². The fourth-order valence-corrected chi connectivity index (χ4v) is 0.944. The second kappa shape index (κ2) is 5.59. The van der Waals surface area contributed by atoms with E-state index in [1.165, 1.54) is 24.4 Å². The van der Waals surface area contributed by atoms with E-state index in [0.717, 1.165) is 0 Å². The third-order valence-corrected chi connectivity index (χ3v) is 1.64. The number of hydrogen-bond acceptors (Lipinski definition) is 5. The average Bonchev–Trinajstić information content (AvgIpc) is 2.24. The lowest BCUT2D eigenvalue weighted by Gasteiger charge is -1.99. The van der Waals surface area contributed by atoms with Crippen molar-refractivity contribution in [1.29, 1.82) is 0 Å². The number of phenols is 2. The van der Waals surface area contributed by atoms with Crippen molar-refractivity contribution in [1.82, 2.24) is 5.43 Å². The molecule has 0 saturated heterocycles. The van der Waals surface area contributed by atoms with Crippen LogP contribution in [-0.2, 0) is 4.74 Å². The third kappa shape index (κ3) is 3.49. The molecule has 0 heterocycles. The minimum Gasteiger partial charge on any atom is -0.504 e. The number of hydrazone groups is 1. The zero-order valence-electron chi connectivity index (χ0n) is 8.67. The Morgan fingerprint density at radius 2 is 2.25 bits per heavy atom. The zero-order chi connectivity index (χ0) is 12.0. The summed E-state index contributed by atoms with van der Waals surface area (Å²) >= 11 is 0. The Kier molecular flexibility index (Phi) is 4.14. The van der Waals surface area contributed by atoms with Crippen LogP contribution < -0.4 is 5.43 Å². The number of nitrogens with one attached hydrogen (secondary N) is 1. The molecule has 0 aliphatic rings. The van der Waals surface area contributed by atoms with Crippen molar-refractivity contribution in [2.24, 2.45) is 5.10 Å². The normalized spacial score (nSPS) is 10.3. The van der Waals surface area contributed by atoms with E-state index in [1.54, 1.807) is 6.92 Å². The summed E-state index contributed by atoms with van der Waals surface area (Å²) in [4.78, 5) is 10.8. The number of nitrogens with zero attached hydrogens (tertiary/aromatic N) is 1. The smallest absolute Gasteiger partial charge is 0.427 e. The van der Waals surface area contributed by atoms with Crippen LogP contribution in [-0.4, -0.2) is 29.1 Å². The van der Waals surface area contributed by atoms with E-state index in [4.69, 9.17) is 10.2 Å². The third-order valence-electron chi connectivity index (χ3n) is 1.64. The number of amides is 1. The molecule has 0 aliphatic carbocycles. The van der Waals surface area contributed by atoms with Crippen LogP contribution in [0.1, 0.15) is 12.5 Å². The maximum Gasteiger partial charge on any atom is 0.427 e. The molecule has 0 aromatic heterocycles. The van der Waals surface area contributed by atoms with Crippen LogP contribution in [0.25, 0.3) is 0 Å². The molecular formula is C10H12N2O4. The Labute approximate surface area is 92.2 Å².